The van der Waals surface area contributed by atoms with Crippen LogP contribution < -0.4 is 10.2 Å². The van der Waals surface area contributed by atoms with Gasteiger partial charge in [0, 0.05) is 27.2 Å². The van der Waals surface area contributed by atoms with Crippen LogP contribution in [-0.4, -0.2) is 56.1 Å². The maximum atomic E-state index is 12.6. The van der Waals surface area contributed by atoms with Crippen LogP contribution in [0.5, 0.6) is 0 Å². The number of nitrogens with zero attached hydrogens (tertiary/aromatic N) is 3. The van der Waals surface area contributed by atoms with Gasteiger partial charge in [0.05, 0.1) is 9.58 Å². The summed E-state index contributed by atoms with van der Waals surface area (Å²) in [4.78, 5) is 22.9. The van der Waals surface area contributed by atoms with Crippen LogP contribution in [0.1, 0.15) is 22.5 Å². The van der Waals surface area contributed by atoms with E-state index < -0.39 is 0 Å². The van der Waals surface area contributed by atoms with Gasteiger partial charge in [0.1, 0.15) is 4.83 Å². The molecule has 0 saturated carbocycles. The highest BCUT2D eigenvalue weighted by molar-refractivity contribution is 7.29. The summed E-state index contributed by atoms with van der Waals surface area (Å²) in [6, 6.07) is 2.34. The van der Waals surface area contributed by atoms with E-state index in [2.05, 4.69) is 10.3 Å². The normalized spacial score (nSPS) is 14.9. The fourth-order valence-electron chi connectivity index (χ4n) is 2.55. The molecular formula is C14H22Cl2N4OS2. The lowest BCUT2D eigenvalue weighted by Gasteiger charge is -2.31. The molecule has 1 fully saturated rings. The van der Waals surface area contributed by atoms with Crippen LogP contribution in [0.3, 0.4) is 0 Å². The van der Waals surface area contributed by atoms with Gasteiger partial charge >= 0.3 is 0 Å². The van der Waals surface area contributed by atoms with Crippen LogP contribution in [-0.2, 0) is 0 Å². The van der Waals surface area contributed by atoms with E-state index in [4.69, 9.17) is 0 Å². The van der Waals surface area contributed by atoms with Crippen molar-refractivity contribution in [3.05, 3.63) is 10.9 Å². The lowest BCUT2D eigenvalue weighted by molar-refractivity contribution is 0.0708. The summed E-state index contributed by atoms with van der Waals surface area (Å²) < 4.78 is 1.10. The average Bonchev–Trinajstić information content (AvgIpc) is 3.05. The molecule has 1 amide bonds. The third-order valence-electron chi connectivity index (χ3n) is 3.85. The minimum atomic E-state index is 0. The highest BCUT2D eigenvalue weighted by Crippen LogP contribution is 2.34. The number of carbonyl (C=O) groups is 1. The van der Waals surface area contributed by atoms with Crippen molar-refractivity contribution in [2.75, 3.05) is 39.1 Å². The summed E-state index contributed by atoms with van der Waals surface area (Å²) in [6.45, 7) is 1.99. The van der Waals surface area contributed by atoms with Gasteiger partial charge in [-0.05, 0) is 32.0 Å². The van der Waals surface area contributed by atoms with Crippen molar-refractivity contribution < 1.29 is 4.79 Å². The molecule has 1 aliphatic rings. The molecule has 23 heavy (non-hydrogen) atoms. The van der Waals surface area contributed by atoms with Crippen molar-refractivity contribution >= 4 is 68.1 Å². The van der Waals surface area contributed by atoms with Crippen molar-refractivity contribution in [3.8, 4) is 0 Å². The van der Waals surface area contributed by atoms with E-state index >= 15 is 0 Å². The molecule has 0 aromatic carbocycles. The summed E-state index contributed by atoms with van der Waals surface area (Å²) in [5.41, 5.74) is 0. The molecule has 3 heterocycles. The predicted octanol–water partition coefficient (Wildman–Crippen LogP) is 3.09. The van der Waals surface area contributed by atoms with E-state index in [0.717, 1.165) is 45.5 Å². The number of thiazole rings is 1. The number of aromatic nitrogens is 1. The molecule has 5 nitrogen and oxygen atoms in total. The van der Waals surface area contributed by atoms with Crippen molar-refractivity contribution in [1.29, 1.82) is 0 Å². The summed E-state index contributed by atoms with van der Waals surface area (Å²) in [7, 11) is 5.89. The quantitative estimate of drug-likeness (QED) is 0.865. The molecule has 2 aromatic heterocycles. The zero-order valence-electron chi connectivity index (χ0n) is 13.4. The standard InChI is InChI=1S/C14H20N4OS2.2ClH/c1-17(2)14-16-12-10(21-14)8-11(20-12)13(19)18(3)9-4-6-15-7-5-9;;/h8-9,15H,4-7H2,1-3H3;2*1H. The van der Waals surface area contributed by atoms with Gasteiger partial charge in [0.2, 0.25) is 0 Å². The maximum Gasteiger partial charge on any atom is 0.264 e. The fraction of sp³-hybridized carbons (Fsp3) is 0.571. The number of amides is 1. The number of piperidine rings is 1. The first kappa shape index (κ1) is 20.4. The summed E-state index contributed by atoms with van der Waals surface area (Å²) in [6.07, 6.45) is 2.07. The number of halogens is 2. The van der Waals surface area contributed by atoms with Gasteiger partial charge in [0.25, 0.3) is 5.91 Å². The van der Waals surface area contributed by atoms with Gasteiger partial charge in [-0.2, -0.15) is 0 Å². The molecule has 0 spiro atoms. The molecule has 1 saturated heterocycles. The fourth-order valence-corrected chi connectivity index (χ4v) is 4.67. The number of rotatable bonds is 3. The van der Waals surface area contributed by atoms with Gasteiger partial charge in [0.15, 0.2) is 5.13 Å². The van der Waals surface area contributed by atoms with Crippen LogP contribution in [0, 0.1) is 0 Å². The Kier molecular flexibility index (Phi) is 7.54. The molecule has 3 rings (SSSR count). The van der Waals surface area contributed by atoms with Crippen molar-refractivity contribution in [3.63, 3.8) is 0 Å². The Morgan fingerprint density at radius 3 is 2.43 bits per heavy atom. The first-order valence-corrected chi connectivity index (χ1v) is 8.75. The van der Waals surface area contributed by atoms with Gasteiger partial charge in [-0.1, -0.05) is 11.3 Å². The molecule has 1 aliphatic heterocycles. The van der Waals surface area contributed by atoms with E-state index in [1.165, 1.54) is 11.3 Å². The largest absolute Gasteiger partial charge is 0.354 e. The first-order valence-electron chi connectivity index (χ1n) is 7.12. The van der Waals surface area contributed by atoms with Crippen LogP contribution in [0.2, 0.25) is 0 Å². The van der Waals surface area contributed by atoms with Gasteiger partial charge in [-0.3, -0.25) is 4.79 Å². The SMILES string of the molecule is CN(C)c1nc2sc(C(=O)N(C)C3CCNCC3)cc2s1.Cl.Cl. The van der Waals surface area contributed by atoms with Crippen molar-refractivity contribution in [1.82, 2.24) is 15.2 Å². The van der Waals surface area contributed by atoms with Crippen molar-refractivity contribution in [2.24, 2.45) is 0 Å². The lowest BCUT2D eigenvalue weighted by Crippen LogP contribution is -2.43. The van der Waals surface area contributed by atoms with E-state index in [1.807, 2.05) is 37.0 Å². The highest BCUT2D eigenvalue weighted by atomic mass is 35.5. The van der Waals surface area contributed by atoms with Gasteiger partial charge in [-0.25, -0.2) is 4.98 Å². The molecule has 9 heteroatoms. The van der Waals surface area contributed by atoms with E-state index in [0.29, 0.717) is 6.04 Å². The number of fused-ring (bicyclic) bond motifs is 1. The maximum absolute atomic E-state index is 12.6. The van der Waals surface area contributed by atoms with Crippen LogP contribution in [0.25, 0.3) is 9.53 Å². The topological polar surface area (TPSA) is 48.5 Å². The van der Waals surface area contributed by atoms with Crippen molar-refractivity contribution in [2.45, 2.75) is 18.9 Å². The monoisotopic (exact) mass is 396 g/mol. The Morgan fingerprint density at radius 2 is 1.87 bits per heavy atom. The zero-order chi connectivity index (χ0) is 15.0. The molecule has 0 atom stereocenters. The number of nitrogens with one attached hydrogen (secondary N) is 1. The molecule has 0 unspecified atom stereocenters. The van der Waals surface area contributed by atoms with E-state index in [9.17, 15) is 4.79 Å². The highest BCUT2D eigenvalue weighted by Gasteiger charge is 2.24. The predicted molar refractivity (Wildman–Crippen MR) is 104 cm³/mol. The molecule has 2 aromatic rings. The average molecular weight is 397 g/mol. The Balaban J connectivity index is 0.00000132. The van der Waals surface area contributed by atoms with Crippen LogP contribution >= 0.6 is 47.5 Å². The van der Waals surface area contributed by atoms with Gasteiger partial charge in [-0.15, -0.1) is 36.2 Å². The van der Waals surface area contributed by atoms with Gasteiger partial charge < -0.3 is 15.1 Å². The zero-order valence-corrected chi connectivity index (χ0v) is 16.6. The molecule has 0 aliphatic carbocycles. The Labute approximate surface area is 156 Å². The summed E-state index contributed by atoms with van der Waals surface area (Å²) in [5, 5.41) is 4.32. The van der Waals surface area contributed by atoms with Crippen LogP contribution in [0.4, 0.5) is 5.13 Å². The Hall–Kier alpha value is -0.600. The minimum Gasteiger partial charge on any atom is -0.354 e. The number of hydrogen-bond donors (Lipinski definition) is 1. The summed E-state index contributed by atoms with van der Waals surface area (Å²) in [5.74, 6) is 0.128. The number of carbonyl (C=O) groups excluding carboxylic acids is 1. The molecule has 1 N–H and O–H groups in total. The van der Waals surface area contributed by atoms with Crippen LogP contribution in [0.15, 0.2) is 6.07 Å². The Morgan fingerprint density at radius 1 is 1.22 bits per heavy atom. The third-order valence-corrected chi connectivity index (χ3v) is 6.16. The van der Waals surface area contributed by atoms with E-state index in [1.54, 1.807) is 11.3 Å². The second-order valence-electron chi connectivity index (χ2n) is 5.57. The molecule has 0 radical (unpaired) electrons. The molecule has 0 bridgehead atoms. The molecular weight excluding hydrogens is 375 g/mol. The second kappa shape index (κ2) is 8.48. The first-order chi connectivity index (χ1) is 10.1. The number of hydrogen-bond acceptors (Lipinski definition) is 6. The molecule has 130 valence electrons. The number of anilines is 1. The lowest BCUT2D eigenvalue weighted by atomic mass is 10.1. The third kappa shape index (κ3) is 4.28. The second-order valence-corrected chi connectivity index (χ2v) is 7.61. The minimum absolute atomic E-state index is 0. The van der Waals surface area contributed by atoms with E-state index in [-0.39, 0.29) is 30.7 Å². The Bertz CT molecular complexity index is 621. The number of thiophene rings is 1. The smallest absolute Gasteiger partial charge is 0.264 e. The summed E-state index contributed by atoms with van der Waals surface area (Å²) >= 11 is 3.14.